The van der Waals surface area contributed by atoms with Crippen LogP contribution in [0.2, 0.25) is 0 Å². The number of hydrogen-bond donors (Lipinski definition) is 0. The monoisotopic (exact) mass is 228 g/mol. The normalized spacial score (nSPS) is 28.5. The summed E-state index contributed by atoms with van der Waals surface area (Å²) in [5.41, 5.74) is 0. The molecule has 1 heterocycles. The molecule has 0 saturated heterocycles. The molecule has 3 heteroatoms. The SMILES string of the molecule is CC1CC(Cn2nccc2Br)C1. The molecule has 1 aliphatic carbocycles. The molecule has 0 unspecified atom stereocenters. The molecule has 0 amide bonds. The fraction of sp³-hybridized carbons (Fsp3) is 0.667. The molecule has 1 aliphatic rings. The van der Waals surface area contributed by atoms with Crippen molar-refractivity contribution < 1.29 is 0 Å². The van der Waals surface area contributed by atoms with Crippen LogP contribution in [0.3, 0.4) is 0 Å². The third-order valence-electron chi connectivity index (χ3n) is 2.57. The Bertz CT molecular complexity index is 263. The van der Waals surface area contributed by atoms with Gasteiger partial charge in [0.15, 0.2) is 0 Å². The van der Waals surface area contributed by atoms with Crippen LogP contribution in [0.15, 0.2) is 16.9 Å². The van der Waals surface area contributed by atoms with Crippen molar-refractivity contribution in [1.29, 1.82) is 0 Å². The van der Waals surface area contributed by atoms with Gasteiger partial charge in [-0.05, 0) is 46.7 Å². The van der Waals surface area contributed by atoms with E-state index in [0.29, 0.717) is 0 Å². The second-order valence-corrected chi connectivity index (χ2v) is 4.59. The molecule has 66 valence electrons. The molecule has 0 radical (unpaired) electrons. The van der Waals surface area contributed by atoms with Crippen LogP contribution in [-0.2, 0) is 6.54 Å². The molecule has 2 rings (SSSR count). The molecule has 1 fully saturated rings. The van der Waals surface area contributed by atoms with Gasteiger partial charge in [-0.3, -0.25) is 4.68 Å². The van der Waals surface area contributed by atoms with Crippen molar-refractivity contribution in [2.24, 2.45) is 11.8 Å². The molecule has 1 aromatic heterocycles. The van der Waals surface area contributed by atoms with Gasteiger partial charge in [0.1, 0.15) is 4.60 Å². The second kappa shape index (κ2) is 3.21. The van der Waals surface area contributed by atoms with Crippen LogP contribution in [0.5, 0.6) is 0 Å². The lowest BCUT2D eigenvalue weighted by molar-refractivity contribution is 0.181. The van der Waals surface area contributed by atoms with E-state index < -0.39 is 0 Å². The molecular weight excluding hydrogens is 216 g/mol. The van der Waals surface area contributed by atoms with E-state index in [1.54, 1.807) is 0 Å². The van der Waals surface area contributed by atoms with E-state index in [-0.39, 0.29) is 0 Å². The Hall–Kier alpha value is -0.310. The number of halogens is 1. The van der Waals surface area contributed by atoms with Crippen molar-refractivity contribution in [3.05, 3.63) is 16.9 Å². The Balaban J connectivity index is 1.92. The predicted molar refractivity (Wildman–Crippen MR) is 51.8 cm³/mol. The summed E-state index contributed by atoms with van der Waals surface area (Å²) < 4.78 is 3.14. The zero-order valence-corrected chi connectivity index (χ0v) is 8.79. The van der Waals surface area contributed by atoms with Crippen molar-refractivity contribution >= 4 is 15.9 Å². The summed E-state index contributed by atoms with van der Waals surface area (Å²) in [6, 6.07) is 1.99. The largest absolute Gasteiger partial charge is 0.258 e. The Labute approximate surface area is 81.1 Å². The molecule has 1 saturated carbocycles. The topological polar surface area (TPSA) is 17.8 Å². The van der Waals surface area contributed by atoms with Crippen molar-refractivity contribution in [2.75, 3.05) is 0 Å². The quantitative estimate of drug-likeness (QED) is 0.762. The summed E-state index contributed by atoms with van der Waals surface area (Å²) in [6.07, 6.45) is 4.57. The van der Waals surface area contributed by atoms with Gasteiger partial charge in [0.2, 0.25) is 0 Å². The van der Waals surface area contributed by atoms with Crippen molar-refractivity contribution in [1.82, 2.24) is 9.78 Å². The first-order valence-electron chi connectivity index (χ1n) is 4.43. The summed E-state index contributed by atoms with van der Waals surface area (Å²) in [5.74, 6) is 1.79. The Morgan fingerprint density at radius 3 is 2.92 bits per heavy atom. The minimum Gasteiger partial charge on any atom is -0.258 e. The summed E-state index contributed by atoms with van der Waals surface area (Å²) in [6.45, 7) is 3.40. The first kappa shape index (κ1) is 8.30. The molecule has 0 aliphatic heterocycles. The predicted octanol–water partition coefficient (Wildman–Crippen LogP) is 2.69. The highest BCUT2D eigenvalue weighted by molar-refractivity contribution is 9.10. The zero-order valence-electron chi connectivity index (χ0n) is 7.20. The highest BCUT2D eigenvalue weighted by Crippen LogP contribution is 2.34. The van der Waals surface area contributed by atoms with Crippen LogP contribution < -0.4 is 0 Å². The highest BCUT2D eigenvalue weighted by Gasteiger charge is 2.25. The van der Waals surface area contributed by atoms with E-state index in [4.69, 9.17) is 0 Å². The van der Waals surface area contributed by atoms with Crippen LogP contribution in [0.1, 0.15) is 19.8 Å². The molecular formula is C9H13BrN2. The third kappa shape index (κ3) is 1.56. The third-order valence-corrected chi connectivity index (χ3v) is 3.24. The van der Waals surface area contributed by atoms with E-state index in [1.165, 1.54) is 12.8 Å². The van der Waals surface area contributed by atoms with E-state index in [1.807, 2.05) is 16.9 Å². The van der Waals surface area contributed by atoms with E-state index >= 15 is 0 Å². The number of nitrogens with zero attached hydrogens (tertiary/aromatic N) is 2. The van der Waals surface area contributed by atoms with Gasteiger partial charge < -0.3 is 0 Å². The van der Waals surface area contributed by atoms with Crippen molar-refractivity contribution in [3.8, 4) is 0 Å². The maximum absolute atomic E-state index is 4.23. The standard InChI is InChI=1S/C9H13BrN2/c1-7-4-8(5-7)6-12-9(10)2-3-11-12/h2-3,7-8H,4-6H2,1H3. The van der Waals surface area contributed by atoms with Gasteiger partial charge >= 0.3 is 0 Å². The van der Waals surface area contributed by atoms with Crippen LogP contribution >= 0.6 is 15.9 Å². The Morgan fingerprint density at radius 1 is 1.67 bits per heavy atom. The van der Waals surface area contributed by atoms with Crippen LogP contribution in [-0.4, -0.2) is 9.78 Å². The molecule has 0 atom stereocenters. The number of aromatic nitrogens is 2. The number of rotatable bonds is 2. The van der Waals surface area contributed by atoms with Gasteiger partial charge in [0.05, 0.1) is 6.20 Å². The minimum absolute atomic E-state index is 0.858. The highest BCUT2D eigenvalue weighted by atomic mass is 79.9. The number of hydrogen-bond acceptors (Lipinski definition) is 1. The van der Waals surface area contributed by atoms with Crippen LogP contribution in [0, 0.1) is 11.8 Å². The van der Waals surface area contributed by atoms with Crippen LogP contribution in [0.4, 0.5) is 0 Å². The first-order valence-corrected chi connectivity index (χ1v) is 5.22. The molecule has 1 aromatic rings. The summed E-state index contributed by atoms with van der Waals surface area (Å²) >= 11 is 3.46. The maximum Gasteiger partial charge on any atom is 0.104 e. The van der Waals surface area contributed by atoms with Crippen LogP contribution in [0.25, 0.3) is 0 Å². The van der Waals surface area contributed by atoms with Gasteiger partial charge in [-0.1, -0.05) is 6.92 Å². The minimum atomic E-state index is 0.858. The molecule has 0 N–H and O–H groups in total. The van der Waals surface area contributed by atoms with E-state index in [0.717, 1.165) is 23.0 Å². The van der Waals surface area contributed by atoms with E-state index in [2.05, 4.69) is 28.0 Å². The zero-order chi connectivity index (χ0) is 8.55. The lowest BCUT2D eigenvalue weighted by Crippen LogP contribution is -2.25. The average Bonchev–Trinajstić information content (AvgIpc) is 2.33. The average molecular weight is 229 g/mol. The Morgan fingerprint density at radius 2 is 2.42 bits per heavy atom. The fourth-order valence-electron chi connectivity index (χ4n) is 1.91. The summed E-state index contributed by atoms with van der Waals surface area (Å²) in [4.78, 5) is 0. The summed E-state index contributed by atoms with van der Waals surface area (Å²) in [5, 5.41) is 4.23. The molecule has 0 bridgehead atoms. The van der Waals surface area contributed by atoms with Gasteiger partial charge in [-0.25, -0.2) is 0 Å². The maximum atomic E-state index is 4.23. The fourth-order valence-corrected chi connectivity index (χ4v) is 2.27. The lowest BCUT2D eigenvalue weighted by atomic mass is 9.76. The van der Waals surface area contributed by atoms with Gasteiger partial charge in [0, 0.05) is 6.54 Å². The molecule has 0 aromatic carbocycles. The van der Waals surface area contributed by atoms with Gasteiger partial charge in [-0.2, -0.15) is 5.10 Å². The summed E-state index contributed by atoms with van der Waals surface area (Å²) in [7, 11) is 0. The lowest BCUT2D eigenvalue weighted by Gasteiger charge is -2.32. The molecule has 0 spiro atoms. The smallest absolute Gasteiger partial charge is 0.104 e. The molecule has 2 nitrogen and oxygen atoms in total. The van der Waals surface area contributed by atoms with Crippen molar-refractivity contribution in [3.63, 3.8) is 0 Å². The van der Waals surface area contributed by atoms with Crippen molar-refractivity contribution in [2.45, 2.75) is 26.3 Å². The Kier molecular flexibility index (Phi) is 2.22. The van der Waals surface area contributed by atoms with Gasteiger partial charge in [-0.15, -0.1) is 0 Å². The van der Waals surface area contributed by atoms with Gasteiger partial charge in [0.25, 0.3) is 0 Å². The second-order valence-electron chi connectivity index (χ2n) is 3.78. The molecule has 12 heavy (non-hydrogen) atoms. The van der Waals surface area contributed by atoms with E-state index in [9.17, 15) is 0 Å². The first-order chi connectivity index (χ1) is 5.75.